The summed E-state index contributed by atoms with van der Waals surface area (Å²) in [5, 5.41) is 7.18. The molecular weight excluding hydrogens is 440 g/mol. The maximum atomic E-state index is 12.9. The van der Waals surface area contributed by atoms with Crippen molar-refractivity contribution in [1.82, 2.24) is 39.2 Å². The smallest absolute Gasteiger partial charge is 0.346 e. The normalized spacial score (nSPS) is 20.8. The molecular formula is C20H26N12O2. The first-order chi connectivity index (χ1) is 16.5. The zero-order valence-electron chi connectivity index (χ0n) is 19.2. The fourth-order valence-electron chi connectivity index (χ4n) is 4.47. The van der Waals surface area contributed by atoms with Crippen molar-refractivity contribution in [2.75, 3.05) is 44.0 Å². The van der Waals surface area contributed by atoms with Crippen molar-refractivity contribution in [1.29, 1.82) is 0 Å². The quantitative estimate of drug-likeness (QED) is 0.392. The van der Waals surface area contributed by atoms with Crippen LogP contribution in [0.5, 0.6) is 0 Å². The van der Waals surface area contributed by atoms with Crippen LogP contribution in [0.4, 0.5) is 16.6 Å². The Kier molecular flexibility index (Phi) is 5.26. The number of methoxy groups -OCH3 is 1. The van der Waals surface area contributed by atoms with Gasteiger partial charge in [-0.15, -0.1) is 0 Å². The highest BCUT2D eigenvalue weighted by Crippen LogP contribution is 2.40. The number of anilines is 2. The number of aromatic nitrogens is 7. The first kappa shape index (κ1) is 21.6. The van der Waals surface area contributed by atoms with Crippen LogP contribution in [0.15, 0.2) is 35.6 Å². The average Bonchev–Trinajstić information content (AvgIpc) is 3.58. The van der Waals surface area contributed by atoms with Gasteiger partial charge < -0.3 is 30.2 Å². The molecule has 5 heterocycles. The van der Waals surface area contributed by atoms with Gasteiger partial charge in [-0.05, 0) is 12.8 Å². The Morgan fingerprint density at radius 2 is 2.12 bits per heavy atom. The van der Waals surface area contributed by atoms with E-state index in [4.69, 9.17) is 20.4 Å². The van der Waals surface area contributed by atoms with E-state index in [0.717, 1.165) is 12.8 Å². The molecule has 1 unspecified atom stereocenters. The molecule has 3 aromatic rings. The third-order valence-corrected chi connectivity index (χ3v) is 6.38. The number of ether oxygens (including phenoxy) is 1. The van der Waals surface area contributed by atoms with Crippen molar-refractivity contribution in [3.8, 4) is 0 Å². The number of hydrogen-bond acceptors (Lipinski definition) is 11. The molecule has 14 heteroatoms. The minimum atomic E-state index is -0.276. The van der Waals surface area contributed by atoms with E-state index in [1.165, 1.54) is 24.4 Å². The number of carbonyl (C=O) groups excluding carboxylic acids is 1. The molecule has 34 heavy (non-hydrogen) atoms. The van der Waals surface area contributed by atoms with Crippen molar-refractivity contribution in [2.45, 2.75) is 18.4 Å². The van der Waals surface area contributed by atoms with Gasteiger partial charge in [0.2, 0.25) is 11.8 Å². The van der Waals surface area contributed by atoms with Crippen LogP contribution in [0.25, 0.3) is 11.2 Å². The highest BCUT2D eigenvalue weighted by molar-refractivity contribution is 5.90. The molecule has 2 aliphatic heterocycles. The third-order valence-electron chi connectivity index (χ3n) is 6.38. The summed E-state index contributed by atoms with van der Waals surface area (Å²) in [4.78, 5) is 38.7. The standard InChI is InChI=1S/C20H26N12O2/c1-22-8-13(15(21)34-3)26-16-14-17(29(2)12-24-14)28-18(27-16)30-6-4-20(9-30)5-7-31(20)19(33)32-11-23-10-25-32/h8,10-12H,4-7,9,21H2,1-3H3,(H,26,27,28)/b15-13-,22-8?. The number of likely N-dealkylation sites (tertiary alicyclic amines) is 1. The number of aryl methyl sites for hydroxylation is 1. The lowest BCUT2D eigenvalue weighted by Crippen LogP contribution is -2.64. The summed E-state index contributed by atoms with van der Waals surface area (Å²) in [6.45, 7) is 2.01. The van der Waals surface area contributed by atoms with Crippen molar-refractivity contribution in [3.05, 3.63) is 30.6 Å². The highest BCUT2D eigenvalue weighted by Gasteiger charge is 2.52. The van der Waals surface area contributed by atoms with E-state index in [9.17, 15) is 4.79 Å². The molecule has 1 spiro atoms. The van der Waals surface area contributed by atoms with Gasteiger partial charge in [-0.2, -0.15) is 19.7 Å². The maximum absolute atomic E-state index is 12.9. The molecule has 0 saturated carbocycles. The summed E-state index contributed by atoms with van der Waals surface area (Å²) in [6.07, 6.45) is 7.75. The van der Waals surface area contributed by atoms with Crippen LogP contribution >= 0.6 is 0 Å². The minimum absolute atomic E-state index is 0.167. The van der Waals surface area contributed by atoms with Gasteiger partial charge in [0.1, 0.15) is 18.4 Å². The van der Waals surface area contributed by atoms with Gasteiger partial charge in [0.15, 0.2) is 17.0 Å². The predicted octanol–water partition coefficient (Wildman–Crippen LogP) is 0.164. The Morgan fingerprint density at radius 3 is 2.79 bits per heavy atom. The van der Waals surface area contributed by atoms with Gasteiger partial charge in [-0.25, -0.2) is 14.8 Å². The second kappa shape index (κ2) is 8.28. The second-order valence-electron chi connectivity index (χ2n) is 8.31. The van der Waals surface area contributed by atoms with E-state index in [1.807, 2.05) is 16.5 Å². The van der Waals surface area contributed by atoms with Gasteiger partial charge in [-0.1, -0.05) is 0 Å². The van der Waals surface area contributed by atoms with Crippen LogP contribution in [0.3, 0.4) is 0 Å². The first-order valence-electron chi connectivity index (χ1n) is 10.8. The van der Waals surface area contributed by atoms with Gasteiger partial charge in [0.25, 0.3) is 0 Å². The molecule has 0 radical (unpaired) electrons. The SMILES string of the molecule is CN=C/C(Nc1nc(N2CCC3(CCN3C(=O)n3cncn3)C2)nc2c1ncn2C)=C(\N)OC. The summed E-state index contributed by atoms with van der Waals surface area (Å²) in [6, 6.07) is -0.167. The molecule has 14 nitrogen and oxygen atoms in total. The van der Waals surface area contributed by atoms with Gasteiger partial charge >= 0.3 is 6.03 Å². The number of aliphatic imine (C=N–C) groups is 1. The lowest BCUT2D eigenvalue weighted by Gasteiger charge is -2.49. The van der Waals surface area contributed by atoms with Gasteiger partial charge in [0, 0.05) is 39.9 Å². The molecule has 5 rings (SSSR count). The molecule has 0 aromatic carbocycles. The number of nitrogens with two attached hydrogens (primary N) is 1. The number of imidazole rings is 1. The number of carbonyl (C=O) groups is 1. The number of nitrogens with one attached hydrogen (secondary N) is 1. The molecule has 3 N–H and O–H groups in total. The summed E-state index contributed by atoms with van der Waals surface area (Å²) in [5.74, 6) is 1.20. The molecule has 2 fully saturated rings. The molecule has 2 saturated heterocycles. The molecule has 2 aliphatic rings. The maximum Gasteiger partial charge on any atom is 0.346 e. The van der Waals surface area contributed by atoms with Crippen LogP contribution < -0.4 is 16.0 Å². The van der Waals surface area contributed by atoms with Crippen molar-refractivity contribution >= 4 is 35.2 Å². The van der Waals surface area contributed by atoms with Crippen LogP contribution in [-0.4, -0.2) is 90.8 Å². The first-order valence-corrected chi connectivity index (χ1v) is 10.8. The largest absolute Gasteiger partial charge is 0.481 e. The number of allylic oxidation sites excluding steroid dienone is 1. The van der Waals surface area contributed by atoms with E-state index < -0.39 is 0 Å². The van der Waals surface area contributed by atoms with Gasteiger partial charge in [0.05, 0.1) is 19.0 Å². The second-order valence-corrected chi connectivity index (χ2v) is 8.31. The highest BCUT2D eigenvalue weighted by atomic mass is 16.5. The molecule has 0 bridgehead atoms. The Balaban J connectivity index is 1.46. The molecule has 3 aromatic heterocycles. The fourth-order valence-corrected chi connectivity index (χ4v) is 4.47. The molecule has 178 valence electrons. The number of fused-ring (bicyclic) bond motifs is 1. The fraction of sp³-hybridized carbons (Fsp3) is 0.450. The number of amides is 1. The summed E-state index contributed by atoms with van der Waals surface area (Å²) in [7, 11) is 5.00. The molecule has 1 amide bonds. The summed E-state index contributed by atoms with van der Waals surface area (Å²) >= 11 is 0. The zero-order valence-corrected chi connectivity index (χ0v) is 19.2. The lowest BCUT2D eigenvalue weighted by molar-refractivity contribution is 0.0399. The van der Waals surface area contributed by atoms with Crippen LogP contribution in [-0.2, 0) is 11.8 Å². The zero-order chi connectivity index (χ0) is 23.9. The number of nitrogens with zero attached hydrogens (tertiary/aromatic N) is 10. The van der Waals surface area contributed by atoms with Crippen molar-refractivity contribution < 1.29 is 9.53 Å². The van der Waals surface area contributed by atoms with Crippen LogP contribution in [0.2, 0.25) is 0 Å². The van der Waals surface area contributed by atoms with E-state index in [0.29, 0.717) is 48.3 Å². The van der Waals surface area contributed by atoms with Crippen molar-refractivity contribution in [2.24, 2.45) is 17.8 Å². The Labute approximate surface area is 195 Å². The minimum Gasteiger partial charge on any atom is -0.481 e. The summed E-state index contributed by atoms with van der Waals surface area (Å²) < 4.78 is 8.28. The van der Waals surface area contributed by atoms with E-state index >= 15 is 0 Å². The topological polar surface area (TPSA) is 158 Å². The lowest BCUT2D eigenvalue weighted by atomic mass is 9.84. The van der Waals surface area contributed by atoms with Crippen molar-refractivity contribution in [3.63, 3.8) is 0 Å². The number of hydrogen-bond donors (Lipinski definition) is 2. The van der Waals surface area contributed by atoms with E-state index in [-0.39, 0.29) is 17.5 Å². The molecule has 1 atom stereocenters. The molecule has 0 aliphatic carbocycles. The number of rotatable bonds is 5. The summed E-state index contributed by atoms with van der Waals surface area (Å²) in [5.41, 5.74) is 7.43. The van der Waals surface area contributed by atoms with Crippen LogP contribution in [0, 0.1) is 0 Å². The Morgan fingerprint density at radius 1 is 1.29 bits per heavy atom. The van der Waals surface area contributed by atoms with Crippen LogP contribution in [0.1, 0.15) is 12.8 Å². The average molecular weight is 467 g/mol. The van der Waals surface area contributed by atoms with E-state index in [1.54, 1.807) is 19.6 Å². The predicted molar refractivity (Wildman–Crippen MR) is 124 cm³/mol. The Bertz CT molecular complexity index is 1280. The van der Waals surface area contributed by atoms with Gasteiger partial charge in [-0.3, -0.25) is 4.99 Å². The Hall–Kier alpha value is -4.23. The monoisotopic (exact) mass is 466 g/mol. The van der Waals surface area contributed by atoms with E-state index in [2.05, 4.69) is 30.3 Å². The third kappa shape index (κ3) is 3.47.